The van der Waals surface area contributed by atoms with E-state index in [9.17, 15) is 25.0 Å². The van der Waals surface area contributed by atoms with E-state index in [-0.39, 0.29) is 23.7 Å². The molecule has 0 fully saturated rings. The quantitative estimate of drug-likeness (QED) is 0.252. The third kappa shape index (κ3) is 5.24. The van der Waals surface area contributed by atoms with E-state index in [0.29, 0.717) is 16.8 Å². The van der Waals surface area contributed by atoms with Crippen molar-refractivity contribution in [3.05, 3.63) is 92.4 Å². The van der Waals surface area contributed by atoms with Gasteiger partial charge in [-0.05, 0) is 36.8 Å². The molecule has 0 saturated carbocycles. The number of hydrogen-bond acceptors (Lipinski definition) is 10. The number of hydrogen-bond donors (Lipinski definition) is 3. The number of anilines is 3. The van der Waals surface area contributed by atoms with Crippen molar-refractivity contribution in [3.63, 3.8) is 0 Å². The van der Waals surface area contributed by atoms with E-state index in [1.54, 1.807) is 12.1 Å². The summed E-state index contributed by atoms with van der Waals surface area (Å²) < 4.78 is 0. The summed E-state index contributed by atoms with van der Waals surface area (Å²) in [5.41, 5.74) is 6.87. The third-order valence-corrected chi connectivity index (χ3v) is 4.96. The van der Waals surface area contributed by atoms with E-state index in [0.717, 1.165) is 17.4 Å². The Morgan fingerprint density at radius 2 is 1.69 bits per heavy atom. The SMILES string of the molecule is Cc1ccc2c(Nc3ncnc(NNC(=O)Cc4ccc([N+](=O)[O-])cc4)c3[N+](=O)[O-])cccc2n1. The van der Waals surface area contributed by atoms with Crippen molar-refractivity contribution in [2.75, 3.05) is 10.7 Å². The van der Waals surface area contributed by atoms with E-state index in [2.05, 4.69) is 31.1 Å². The van der Waals surface area contributed by atoms with Gasteiger partial charge >= 0.3 is 5.69 Å². The van der Waals surface area contributed by atoms with E-state index in [1.807, 2.05) is 25.1 Å². The summed E-state index contributed by atoms with van der Waals surface area (Å²) in [4.78, 5) is 46.0. The van der Waals surface area contributed by atoms with E-state index in [4.69, 9.17) is 0 Å². The Labute approximate surface area is 197 Å². The molecule has 0 aliphatic carbocycles. The first kappa shape index (κ1) is 23.0. The van der Waals surface area contributed by atoms with Gasteiger partial charge in [0.2, 0.25) is 17.5 Å². The van der Waals surface area contributed by atoms with Crippen molar-refractivity contribution in [3.8, 4) is 0 Å². The Balaban J connectivity index is 1.52. The van der Waals surface area contributed by atoms with Crippen molar-refractivity contribution < 1.29 is 14.6 Å². The summed E-state index contributed by atoms with van der Waals surface area (Å²) in [5.74, 6) is -0.833. The number of fused-ring (bicyclic) bond motifs is 1. The average Bonchev–Trinajstić information content (AvgIpc) is 2.83. The van der Waals surface area contributed by atoms with Gasteiger partial charge in [-0.15, -0.1) is 0 Å². The Morgan fingerprint density at radius 1 is 0.943 bits per heavy atom. The van der Waals surface area contributed by atoms with Crippen LogP contribution in [0.2, 0.25) is 0 Å². The molecule has 0 saturated heterocycles. The standard InChI is InChI=1S/C22H18N8O5/c1-13-5-10-16-17(25-13)3-2-4-18(16)26-21-20(30(34)35)22(24-12-23-21)28-27-19(31)11-14-6-8-15(9-7-14)29(32)33/h2-10,12H,11H2,1H3,(H,27,31)(H2,23,24,26,28). The highest BCUT2D eigenvalue weighted by atomic mass is 16.6. The van der Waals surface area contributed by atoms with Crippen molar-refractivity contribution in [1.82, 2.24) is 20.4 Å². The average molecular weight is 474 g/mol. The molecule has 1 amide bonds. The molecule has 35 heavy (non-hydrogen) atoms. The third-order valence-electron chi connectivity index (χ3n) is 4.96. The summed E-state index contributed by atoms with van der Waals surface area (Å²) in [6, 6.07) is 14.5. The minimum Gasteiger partial charge on any atom is -0.334 e. The maximum absolute atomic E-state index is 12.3. The predicted octanol–water partition coefficient (Wildman–Crippen LogP) is 3.58. The first-order valence-electron chi connectivity index (χ1n) is 10.2. The van der Waals surface area contributed by atoms with Crippen LogP contribution in [-0.4, -0.2) is 30.7 Å². The number of nitrogens with one attached hydrogen (secondary N) is 3. The van der Waals surface area contributed by atoms with Crippen LogP contribution in [-0.2, 0) is 11.2 Å². The van der Waals surface area contributed by atoms with Gasteiger partial charge in [-0.25, -0.2) is 9.97 Å². The molecule has 2 aromatic heterocycles. The molecule has 0 aliphatic heterocycles. The van der Waals surface area contributed by atoms with Crippen molar-refractivity contribution in [2.45, 2.75) is 13.3 Å². The van der Waals surface area contributed by atoms with Gasteiger partial charge in [0.05, 0.1) is 21.8 Å². The van der Waals surface area contributed by atoms with Gasteiger partial charge in [0.25, 0.3) is 5.69 Å². The number of benzene rings is 2. The van der Waals surface area contributed by atoms with Crippen LogP contribution in [0.5, 0.6) is 0 Å². The molecule has 2 heterocycles. The lowest BCUT2D eigenvalue weighted by Gasteiger charge is -2.12. The van der Waals surface area contributed by atoms with Gasteiger partial charge in [0, 0.05) is 28.9 Å². The maximum Gasteiger partial charge on any atom is 0.355 e. The highest BCUT2D eigenvalue weighted by Crippen LogP contribution is 2.33. The van der Waals surface area contributed by atoms with Crippen LogP contribution < -0.4 is 16.2 Å². The van der Waals surface area contributed by atoms with E-state index < -0.39 is 21.4 Å². The molecule has 0 aliphatic rings. The summed E-state index contributed by atoms with van der Waals surface area (Å²) in [6.07, 6.45) is 1.01. The van der Waals surface area contributed by atoms with Crippen LogP contribution in [0.1, 0.15) is 11.3 Å². The second-order valence-electron chi connectivity index (χ2n) is 7.40. The number of nitro benzene ring substituents is 1. The maximum atomic E-state index is 12.3. The number of pyridine rings is 1. The number of non-ortho nitro benzene ring substituents is 1. The molecular formula is C22H18N8O5. The van der Waals surface area contributed by atoms with Gasteiger partial charge < -0.3 is 5.32 Å². The lowest BCUT2D eigenvalue weighted by atomic mass is 10.1. The lowest BCUT2D eigenvalue weighted by molar-refractivity contribution is -0.384. The zero-order valence-electron chi connectivity index (χ0n) is 18.3. The fourth-order valence-corrected chi connectivity index (χ4v) is 3.32. The fourth-order valence-electron chi connectivity index (χ4n) is 3.32. The molecule has 4 rings (SSSR count). The Morgan fingerprint density at radius 3 is 2.40 bits per heavy atom. The van der Waals surface area contributed by atoms with Crippen LogP contribution in [0, 0.1) is 27.2 Å². The Kier molecular flexibility index (Phi) is 6.39. The van der Waals surface area contributed by atoms with Gasteiger partial charge in [-0.3, -0.25) is 40.9 Å². The number of rotatable bonds is 8. The van der Waals surface area contributed by atoms with Crippen molar-refractivity contribution in [1.29, 1.82) is 0 Å². The molecule has 0 radical (unpaired) electrons. The molecule has 13 heteroatoms. The zero-order valence-corrected chi connectivity index (χ0v) is 18.3. The molecule has 0 unspecified atom stereocenters. The fraction of sp³-hybridized carbons (Fsp3) is 0.0909. The topological polar surface area (TPSA) is 178 Å². The number of carbonyl (C=O) groups is 1. The predicted molar refractivity (Wildman–Crippen MR) is 127 cm³/mol. The van der Waals surface area contributed by atoms with Crippen molar-refractivity contribution in [2.24, 2.45) is 0 Å². The molecule has 0 spiro atoms. The van der Waals surface area contributed by atoms with Crippen LogP contribution in [0.3, 0.4) is 0 Å². The molecular weight excluding hydrogens is 456 g/mol. The highest BCUT2D eigenvalue weighted by molar-refractivity contribution is 5.94. The van der Waals surface area contributed by atoms with Crippen LogP contribution in [0.4, 0.5) is 28.7 Å². The zero-order chi connectivity index (χ0) is 24.9. The Bertz CT molecular complexity index is 1440. The minimum absolute atomic E-state index is 0.0785. The summed E-state index contributed by atoms with van der Waals surface area (Å²) in [7, 11) is 0. The normalized spacial score (nSPS) is 10.5. The molecule has 2 aromatic carbocycles. The summed E-state index contributed by atoms with van der Waals surface area (Å²) in [6.45, 7) is 1.86. The number of nitrogens with zero attached hydrogens (tertiary/aromatic N) is 5. The minimum atomic E-state index is -0.666. The van der Waals surface area contributed by atoms with Crippen molar-refractivity contribution >= 4 is 45.5 Å². The lowest BCUT2D eigenvalue weighted by Crippen LogP contribution is -2.31. The number of carbonyl (C=O) groups excluding carboxylic acids is 1. The van der Waals surface area contributed by atoms with Gasteiger partial charge in [0.15, 0.2) is 0 Å². The van der Waals surface area contributed by atoms with E-state index in [1.165, 1.54) is 24.3 Å². The first-order chi connectivity index (χ1) is 16.8. The van der Waals surface area contributed by atoms with Gasteiger partial charge in [-0.1, -0.05) is 18.2 Å². The second kappa shape index (κ2) is 9.74. The monoisotopic (exact) mass is 474 g/mol. The van der Waals surface area contributed by atoms with E-state index >= 15 is 0 Å². The second-order valence-corrected chi connectivity index (χ2v) is 7.40. The molecule has 0 bridgehead atoms. The van der Waals surface area contributed by atoms with Gasteiger partial charge in [0.1, 0.15) is 6.33 Å². The van der Waals surface area contributed by atoms with Crippen LogP contribution in [0.25, 0.3) is 10.9 Å². The number of aryl methyl sites for hydroxylation is 1. The van der Waals surface area contributed by atoms with Crippen LogP contribution in [0.15, 0.2) is 60.9 Å². The molecule has 0 atom stereocenters. The Hall–Kier alpha value is -5.20. The largest absolute Gasteiger partial charge is 0.355 e. The smallest absolute Gasteiger partial charge is 0.334 e. The van der Waals surface area contributed by atoms with Gasteiger partial charge in [-0.2, -0.15) is 0 Å². The molecule has 13 nitrogen and oxygen atoms in total. The van der Waals surface area contributed by atoms with Crippen LogP contribution >= 0.6 is 0 Å². The number of aromatic nitrogens is 3. The summed E-state index contributed by atoms with van der Waals surface area (Å²) >= 11 is 0. The first-order valence-corrected chi connectivity index (χ1v) is 10.2. The number of hydrazine groups is 1. The molecule has 4 aromatic rings. The molecule has 176 valence electrons. The summed E-state index contributed by atoms with van der Waals surface area (Å²) in [5, 5.41) is 26.3. The number of nitro groups is 2. The number of amides is 1. The highest BCUT2D eigenvalue weighted by Gasteiger charge is 2.24. The molecule has 3 N–H and O–H groups in total.